The summed E-state index contributed by atoms with van der Waals surface area (Å²) in [6.07, 6.45) is 7.44. The summed E-state index contributed by atoms with van der Waals surface area (Å²) in [5, 5.41) is 7.45. The largest absolute Gasteiger partial charge is 0.383 e. The lowest BCUT2D eigenvalue weighted by Crippen LogP contribution is -2.23. The topological polar surface area (TPSA) is 105 Å². The van der Waals surface area contributed by atoms with Crippen molar-refractivity contribution in [2.75, 3.05) is 32.1 Å². The van der Waals surface area contributed by atoms with Crippen molar-refractivity contribution in [1.29, 1.82) is 0 Å². The summed E-state index contributed by atoms with van der Waals surface area (Å²) in [6, 6.07) is 3.91. The second-order valence-electron chi connectivity index (χ2n) is 6.44. The number of aromatic amines is 1. The predicted octanol–water partition coefficient (Wildman–Crippen LogP) is 2.25. The van der Waals surface area contributed by atoms with E-state index in [4.69, 9.17) is 9.26 Å². The lowest BCUT2D eigenvalue weighted by molar-refractivity contribution is 0.197. The maximum Gasteiger partial charge on any atom is 0.244 e. The Morgan fingerprint density at radius 1 is 1.37 bits per heavy atom. The molecule has 1 aliphatic rings. The number of nitrogens with one attached hydrogen (secondary N) is 2. The highest BCUT2D eigenvalue weighted by Gasteiger charge is 2.31. The molecule has 142 valence electrons. The Bertz CT molecular complexity index is 849. The zero-order valence-electron chi connectivity index (χ0n) is 15.3. The van der Waals surface area contributed by atoms with E-state index in [1.807, 2.05) is 18.3 Å². The Hall–Kier alpha value is -2.78. The number of imidazole rings is 1. The molecule has 0 saturated carbocycles. The van der Waals surface area contributed by atoms with Crippen molar-refractivity contribution >= 4 is 5.82 Å². The molecule has 0 unspecified atom stereocenters. The van der Waals surface area contributed by atoms with Crippen LogP contribution in [0, 0.1) is 0 Å². The summed E-state index contributed by atoms with van der Waals surface area (Å²) in [5.74, 6) is 2.85. The number of hydrogen-bond donors (Lipinski definition) is 2. The SMILES string of the molecule is COCCNc1ncccc1-c1noc([C@@H]2CCCN2Cc2ncc[nH]2)n1. The molecule has 3 aromatic heterocycles. The van der Waals surface area contributed by atoms with Gasteiger partial charge in [-0.2, -0.15) is 4.98 Å². The molecule has 4 rings (SSSR count). The van der Waals surface area contributed by atoms with Gasteiger partial charge in [-0.3, -0.25) is 4.90 Å². The third-order valence-electron chi connectivity index (χ3n) is 4.65. The summed E-state index contributed by atoms with van der Waals surface area (Å²) in [6.45, 7) is 2.98. The van der Waals surface area contributed by atoms with Crippen LogP contribution >= 0.6 is 0 Å². The predicted molar refractivity (Wildman–Crippen MR) is 98.9 cm³/mol. The average Bonchev–Trinajstić information content (AvgIpc) is 3.44. The molecule has 0 radical (unpaired) electrons. The van der Waals surface area contributed by atoms with Crippen LogP contribution in [0.2, 0.25) is 0 Å². The smallest absolute Gasteiger partial charge is 0.244 e. The number of pyridine rings is 1. The van der Waals surface area contributed by atoms with Gasteiger partial charge in [0.15, 0.2) is 0 Å². The van der Waals surface area contributed by atoms with Crippen LogP contribution < -0.4 is 5.32 Å². The Kier molecular flexibility index (Phi) is 5.40. The van der Waals surface area contributed by atoms with Gasteiger partial charge in [0, 0.05) is 32.2 Å². The van der Waals surface area contributed by atoms with Crippen LogP contribution in [0.3, 0.4) is 0 Å². The van der Waals surface area contributed by atoms with Crippen molar-refractivity contribution in [2.24, 2.45) is 0 Å². The minimum atomic E-state index is 0.109. The van der Waals surface area contributed by atoms with E-state index in [0.29, 0.717) is 24.9 Å². The maximum atomic E-state index is 5.62. The van der Waals surface area contributed by atoms with Crippen LogP contribution in [-0.2, 0) is 11.3 Å². The number of anilines is 1. The van der Waals surface area contributed by atoms with Crippen LogP contribution in [0.15, 0.2) is 35.2 Å². The highest BCUT2D eigenvalue weighted by molar-refractivity contribution is 5.69. The van der Waals surface area contributed by atoms with Crippen molar-refractivity contribution in [3.63, 3.8) is 0 Å². The van der Waals surface area contributed by atoms with E-state index in [1.165, 1.54) is 0 Å². The average molecular weight is 369 g/mol. The van der Waals surface area contributed by atoms with Gasteiger partial charge in [0.2, 0.25) is 11.7 Å². The van der Waals surface area contributed by atoms with Crippen LogP contribution in [0.1, 0.15) is 30.6 Å². The van der Waals surface area contributed by atoms with E-state index >= 15 is 0 Å². The van der Waals surface area contributed by atoms with Gasteiger partial charge in [-0.15, -0.1) is 0 Å². The van der Waals surface area contributed by atoms with Crippen molar-refractivity contribution in [3.8, 4) is 11.4 Å². The lowest BCUT2D eigenvalue weighted by Gasteiger charge is -2.19. The summed E-state index contributed by atoms with van der Waals surface area (Å²) >= 11 is 0. The van der Waals surface area contributed by atoms with Crippen molar-refractivity contribution in [1.82, 2.24) is 30.0 Å². The molecule has 0 aliphatic carbocycles. The Morgan fingerprint density at radius 2 is 2.33 bits per heavy atom. The fourth-order valence-electron chi connectivity index (χ4n) is 3.35. The number of methoxy groups -OCH3 is 1. The molecule has 4 heterocycles. The molecule has 9 nitrogen and oxygen atoms in total. The number of ether oxygens (including phenoxy) is 1. The first-order chi connectivity index (χ1) is 13.3. The minimum absolute atomic E-state index is 0.109. The first kappa shape index (κ1) is 17.6. The van der Waals surface area contributed by atoms with Gasteiger partial charge in [0.1, 0.15) is 11.6 Å². The number of aromatic nitrogens is 5. The number of likely N-dealkylation sites (tertiary alicyclic amines) is 1. The van der Waals surface area contributed by atoms with E-state index in [0.717, 1.165) is 43.1 Å². The number of H-pyrrole nitrogens is 1. The van der Waals surface area contributed by atoms with E-state index in [-0.39, 0.29) is 6.04 Å². The molecule has 0 spiro atoms. The summed E-state index contributed by atoms with van der Waals surface area (Å²) < 4.78 is 10.7. The number of rotatable bonds is 8. The van der Waals surface area contributed by atoms with Gasteiger partial charge in [-0.1, -0.05) is 5.16 Å². The standard InChI is InChI=1S/C18H23N7O2/c1-26-11-9-22-16-13(4-2-6-21-16)17-23-18(27-24-17)14-5-3-10-25(14)12-15-19-7-8-20-15/h2,4,6-8,14H,3,5,9-12H2,1H3,(H,19,20)(H,21,22)/t14-/m0/s1. The zero-order valence-corrected chi connectivity index (χ0v) is 15.3. The number of nitrogens with zero attached hydrogens (tertiary/aromatic N) is 5. The third kappa shape index (κ3) is 3.99. The summed E-state index contributed by atoms with van der Waals surface area (Å²) in [7, 11) is 1.67. The fourth-order valence-corrected chi connectivity index (χ4v) is 3.35. The van der Waals surface area contributed by atoms with Crippen molar-refractivity contribution < 1.29 is 9.26 Å². The fraction of sp³-hybridized carbons (Fsp3) is 0.444. The quantitative estimate of drug-likeness (QED) is 0.583. The zero-order chi connectivity index (χ0) is 18.5. The van der Waals surface area contributed by atoms with Gasteiger partial charge in [0.25, 0.3) is 0 Å². The third-order valence-corrected chi connectivity index (χ3v) is 4.65. The second kappa shape index (κ2) is 8.28. The van der Waals surface area contributed by atoms with Gasteiger partial charge in [0.05, 0.1) is 24.8 Å². The lowest BCUT2D eigenvalue weighted by atomic mass is 10.2. The van der Waals surface area contributed by atoms with Crippen molar-refractivity contribution in [2.45, 2.75) is 25.4 Å². The first-order valence-electron chi connectivity index (χ1n) is 9.09. The molecular weight excluding hydrogens is 346 g/mol. The second-order valence-corrected chi connectivity index (χ2v) is 6.44. The van der Waals surface area contributed by atoms with Crippen molar-refractivity contribution in [3.05, 3.63) is 42.4 Å². The van der Waals surface area contributed by atoms with E-state index in [9.17, 15) is 0 Å². The molecular formula is C18H23N7O2. The maximum absolute atomic E-state index is 5.62. The minimum Gasteiger partial charge on any atom is -0.383 e. The first-order valence-corrected chi connectivity index (χ1v) is 9.09. The summed E-state index contributed by atoms with van der Waals surface area (Å²) in [4.78, 5) is 18.8. The van der Waals surface area contributed by atoms with E-state index < -0.39 is 0 Å². The molecule has 0 bridgehead atoms. The molecule has 27 heavy (non-hydrogen) atoms. The van der Waals surface area contributed by atoms with Crippen LogP contribution in [0.4, 0.5) is 5.82 Å². The van der Waals surface area contributed by atoms with Gasteiger partial charge < -0.3 is 19.6 Å². The van der Waals surface area contributed by atoms with Crippen LogP contribution in [0.25, 0.3) is 11.4 Å². The molecule has 0 aromatic carbocycles. The van der Waals surface area contributed by atoms with Crippen LogP contribution in [0.5, 0.6) is 0 Å². The number of hydrogen-bond acceptors (Lipinski definition) is 8. The molecule has 1 saturated heterocycles. The molecule has 2 N–H and O–H groups in total. The van der Waals surface area contributed by atoms with E-state index in [1.54, 1.807) is 19.5 Å². The molecule has 1 atom stereocenters. The van der Waals surface area contributed by atoms with E-state index in [2.05, 4.69) is 35.3 Å². The highest BCUT2D eigenvalue weighted by Crippen LogP contribution is 2.33. The van der Waals surface area contributed by atoms with Gasteiger partial charge in [-0.25, -0.2) is 9.97 Å². The Morgan fingerprint density at radius 3 is 3.19 bits per heavy atom. The van der Waals surface area contributed by atoms with Crippen LogP contribution in [-0.4, -0.2) is 56.8 Å². The molecule has 9 heteroatoms. The van der Waals surface area contributed by atoms with Gasteiger partial charge >= 0.3 is 0 Å². The normalized spacial score (nSPS) is 17.4. The molecule has 0 amide bonds. The monoisotopic (exact) mass is 369 g/mol. The Labute approximate surface area is 157 Å². The Balaban J connectivity index is 1.51. The molecule has 1 aliphatic heterocycles. The summed E-state index contributed by atoms with van der Waals surface area (Å²) in [5.41, 5.74) is 0.819. The van der Waals surface area contributed by atoms with Gasteiger partial charge in [-0.05, 0) is 31.5 Å². The molecule has 3 aromatic rings. The highest BCUT2D eigenvalue weighted by atomic mass is 16.5. The molecule has 1 fully saturated rings.